The maximum atomic E-state index is 12.2. The van der Waals surface area contributed by atoms with Gasteiger partial charge in [-0.3, -0.25) is 14.5 Å². The van der Waals surface area contributed by atoms with E-state index in [1.165, 1.54) is 11.8 Å². The predicted molar refractivity (Wildman–Crippen MR) is 92.0 cm³/mol. The summed E-state index contributed by atoms with van der Waals surface area (Å²) < 4.78 is 0. The molecule has 1 aromatic rings. The molecule has 0 radical (unpaired) electrons. The molecule has 0 bridgehead atoms. The summed E-state index contributed by atoms with van der Waals surface area (Å²) in [4.78, 5) is 26.1. The molecule has 0 heterocycles. The van der Waals surface area contributed by atoms with E-state index < -0.39 is 0 Å². The first-order valence-electron chi connectivity index (χ1n) is 7.59. The lowest BCUT2D eigenvalue weighted by Gasteiger charge is -2.20. The van der Waals surface area contributed by atoms with E-state index in [0.29, 0.717) is 6.54 Å². The summed E-state index contributed by atoms with van der Waals surface area (Å²) in [6, 6.07) is 7.45. The van der Waals surface area contributed by atoms with Gasteiger partial charge in [-0.15, -0.1) is 11.8 Å². The van der Waals surface area contributed by atoms with Gasteiger partial charge in [-0.2, -0.15) is 0 Å². The topological polar surface area (TPSA) is 75.4 Å². The average molecular weight is 323 g/mol. The van der Waals surface area contributed by atoms with Crippen molar-refractivity contribution in [2.75, 3.05) is 30.7 Å². The van der Waals surface area contributed by atoms with Crippen LogP contribution in [0.15, 0.2) is 29.2 Å². The van der Waals surface area contributed by atoms with E-state index in [2.05, 4.69) is 24.1 Å². The SMILES string of the molecule is CCCN(CCC)CC(=O)Nc1ccccc1SCC(N)=O. The Hall–Kier alpha value is -1.53. The van der Waals surface area contributed by atoms with Gasteiger partial charge in [0.15, 0.2) is 0 Å². The molecular weight excluding hydrogens is 298 g/mol. The Labute approximate surface area is 136 Å². The number of hydrogen-bond acceptors (Lipinski definition) is 4. The molecule has 0 unspecified atom stereocenters. The summed E-state index contributed by atoms with van der Waals surface area (Å²) in [5.74, 6) is -0.206. The second-order valence-corrected chi connectivity index (χ2v) is 6.09. The third kappa shape index (κ3) is 6.95. The van der Waals surface area contributed by atoms with Crippen LogP contribution in [-0.4, -0.2) is 42.1 Å². The van der Waals surface area contributed by atoms with Crippen LogP contribution in [0.4, 0.5) is 5.69 Å². The molecule has 0 saturated heterocycles. The first kappa shape index (κ1) is 18.5. The van der Waals surface area contributed by atoms with Crippen LogP contribution in [0.3, 0.4) is 0 Å². The molecule has 0 aromatic heterocycles. The molecule has 0 aliphatic carbocycles. The summed E-state index contributed by atoms with van der Waals surface area (Å²) in [5.41, 5.74) is 5.90. The van der Waals surface area contributed by atoms with Crippen molar-refractivity contribution in [3.05, 3.63) is 24.3 Å². The second kappa shape index (κ2) is 10.2. The molecule has 2 amide bonds. The number of para-hydroxylation sites is 1. The normalized spacial score (nSPS) is 10.7. The molecule has 0 aliphatic rings. The zero-order valence-electron chi connectivity index (χ0n) is 13.3. The number of benzene rings is 1. The minimum Gasteiger partial charge on any atom is -0.369 e. The molecule has 1 rings (SSSR count). The minimum absolute atomic E-state index is 0.0333. The molecule has 0 saturated carbocycles. The maximum absolute atomic E-state index is 12.2. The highest BCUT2D eigenvalue weighted by Crippen LogP contribution is 2.26. The van der Waals surface area contributed by atoms with Gasteiger partial charge in [0.2, 0.25) is 11.8 Å². The zero-order valence-corrected chi connectivity index (χ0v) is 14.1. The Bertz CT molecular complexity index is 488. The van der Waals surface area contributed by atoms with Crippen molar-refractivity contribution in [3.63, 3.8) is 0 Å². The molecule has 122 valence electrons. The predicted octanol–water partition coefficient (Wildman–Crippen LogP) is 2.32. The number of nitrogens with one attached hydrogen (secondary N) is 1. The number of primary amides is 1. The Balaban J connectivity index is 2.64. The van der Waals surface area contributed by atoms with Crippen LogP contribution in [0.5, 0.6) is 0 Å². The zero-order chi connectivity index (χ0) is 16.4. The second-order valence-electron chi connectivity index (χ2n) is 5.08. The Morgan fingerprint density at radius 3 is 2.41 bits per heavy atom. The van der Waals surface area contributed by atoms with Crippen LogP contribution >= 0.6 is 11.8 Å². The fourth-order valence-electron chi connectivity index (χ4n) is 2.14. The Morgan fingerprint density at radius 2 is 1.82 bits per heavy atom. The van der Waals surface area contributed by atoms with Gasteiger partial charge in [-0.05, 0) is 38.1 Å². The third-order valence-corrected chi connectivity index (χ3v) is 4.07. The number of rotatable bonds is 10. The molecule has 0 atom stereocenters. The molecule has 0 aliphatic heterocycles. The summed E-state index contributed by atoms with van der Waals surface area (Å²) in [5, 5.41) is 2.93. The minimum atomic E-state index is -0.372. The van der Waals surface area contributed by atoms with Crippen LogP contribution < -0.4 is 11.1 Å². The van der Waals surface area contributed by atoms with E-state index in [0.717, 1.165) is 36.5 Å². The van der Waals surface area contributed by atoms with E-state index >= 15 is 0 Å². The monoisotopic (exact) mass is 323 g/mol. The lowest BCUT2D eigenvalue weighted by atomic mass is 10.3. The van der Waals surface area contributed by atoms with Crippen LogP contribution in [0, 0.1) is 0 Å². The van der Waals surface area contributed by atoms with Crippen molar-refractivity contribution < 1.29 is 9.59 Å². The summed E-state index contributed by atoms with van der Waals surface area (Å²) in [7, 11) is 0. The van der Waals surface area contributed by atoms with Crippen LogP contribution in [0.1, 0.15) is 26.7 Å². The molecule has 0 fully saturated rings. The number of hydrogen-bond donors (Lipinski definition) is 2. The van der Waals surface area contributed by atoms with Crippen molar-refractivity contribution in [1.82, 2.24) is 4.90 Å². The van der Waals surface area contributed by atoms with Gasteiger partial charge in [0.25, 0.3) is 0 Å². The smallest absolute Gasteiger partial charge is 0.238 e. The number of nitrogens with zero attached hydrogens (tertiary/aromatic N) is 1. The van der Waals surface area contributed by atoms with Crippen LogP contribution in [0.2, 0.25) is 0 Å². The van der Waals surface area contributed by atoms with Gasteiger partial charge in [0, 0.05) is 4.90 Å². The van der Waals surface area contributed by atoms with E-state index in [9.17, 15) is 9.59 Å². The largest absolute Gasteiger partial charge is 0.369 e. The highest BCUT2D eigenvalue weighted by molar-refractivity contribution is 8.00. The van der Waals surface area contributed by atoms with E-state index in [-0.39, 0.29) is 17.6 Å². The lowest BCUT2D eigenvalue weighted by molar-refractivity contribution is -0.117. The van der Waals surface area contributed by atoms with Crippen molar-refractivity contribution in [2.45, 2.75) is 31.6 Å². The fourth-order valence-corrected chi connectivity index (χ4v) is 2.89. The van der Waals surface area contributed by atoms with Crippen LogP contribution in [-0.2, 0) is 9.59 Å². The molecule has 22 heavy (non-hydrogen) atoms. The number of carbonyl (C=O) groups is 2. The summed E-state index contributed by atoms with van der Waals surface area (Å²) in [6.45, 7) is 6.43. The number of nitrogens with two attached hydrogens (primary N) is 1. The molecule has 1 aromatic carbocycles. The molecule has 5 nitrogen and oxygen atoms in total. The van der Waals surface area contributed by atoms with Gasteiger partial charge in [-0.1, -0.05) is 26.0 Å². The maximum Gasteiger partial charge on any atom is 0.238 e. The van der Waals surface area contributed by atoms with Gasteiger partial charge in [0.1, 0.15) is 0 Å². The number of amides is 2. The first-order chi connectivity index (χ1) is 10.6. The molecule has 0 spiro atoms. The van der Waals surface area contributed by atoms with Gasteiger partial charge in [-0.25, -0.2) is 0 Å². The van der Waals surface area contributed by atoms with E-state index in [1.54, 1.807) is 0 Å². The van der Waals surface area contributed by atoms with Gasteiger partial charge < -0.3 is 11.1 Å². The van der Waals surface area contributed by atoms with E-state index in [4.69, 9.17) is 5.73 Å². The van der Waals surface area contributed by atoms with Crippen LogP contribution in [0.25, 0.3) is 0 Å². The standard InChI is InChI=1S/C16H25N3O2S/c1-3-9-19(10-4-2)11-16(21)18-13-7-5-6-8-14(13)22-12-15(17)20/h5-8H,3-4,9-12H2,1-2H3,(H2,17,20)(H,18,21). The summed E-state index contributed by atoms with van der Waals surface area (Å²) >= 11 is 1.33. The van der Waals surface area contributed by atoms with Gasteiger partial charge in [0.05, 0.1) is 18.0 Å². The lowest BCUT2D eigenvalue weighted by Crippen LogP contribution is -2.34. The third-order valence-electron chi connectivity index (χ3n) is 2.98. The van der Waals surface area contributed by atoms with E-state index in [1.807, 2.05) is 24.3 Å². The highest BCUT2D eigenvalue weighted by Gasteiger charge is 2.11. The van der Waals surface area contributed by atoms with Crippen molar-refractivity contribution in [2.24, 2.45) is 5.73 Å². The van der Waals surface area contributed by atoms with Crippen molar-refractivity contribution in [1.29, 1.82) is 0 Å². The molecule has 3 N–H and O–H groups in total. The number of anilines is 1. The van der Waals surface area contributed by atoms with Crippen molar-refractivity contribution >= 4 is 29.3 Å². The number of carbonyl (C=O) groups excluding carboxylic acids is 2. The summed E-state index contributed by atoms with van der Waals surface area (Å²) in [6.07, 6.45) is 2.05. The van der Waals surface area contributed by atoms with Gasteiger partial charge >= 0.3 is 0 Å². The fraction of sp³-hybridized carbons (Fsp3) is 0.500. The number of thioether (sulfide) groups is 1. The Kier molecular flexibility index (Phi) is 8.62. The quantitative estimate of drug-likeness (QED) is 0.648. The highest BCUT2D eigenvalue weighted by atomic mass is 32.2. The molecule has 6 heteroatoms. The first-order valence-corrected chi connectivity index (χ1v) is 8.57. The Morgan fingerprint density at radius 1 is 1.18 bits per heavy atom. The average Bonchev–Trinajstić information content (AvgIpc) is 2.46. The molecular formula is C16H25N3O2S. The van der Waals surface area contributed by atoms with Crippen molar-refractivity contribution in [3.8, 4) is 0 Å².